The van der Waals surface area contributed by atoms with Gasteiger partial charge in [0.2, 0.25) is 0 Å². The summed E-state index contributed by atoms with van der Waals surface area (Å²) in [5, 5.41) is 9.36. The molecule has 0 saturated heterocycles. The van der Waals surface area contributed by atoms with E-state index < -0.39 is 0 Å². The Kier molecular flexibility index (Phi) is 6.80. The maximum Gasteiger partial charge on any atom is 0.160 e. The van der Waals surface area contributed by atoms with Gasteiger partial charge in [-0.1, -0.05) is 115 Å². The van der Waals surface area contributed by atoms with Crippen LogP contribution in [0.5, 0.6) is 0 Å². The van der Waals surface area contributed by atoms with Gasteiger partial charge in [-0.15, -0.1) is 11.3 Å². The molecule has 0 saturated carbocycles. The predicted molar refractivity (Wildman–Crippen MR) is 237 cm³/mol. The second-order valence-electron chi connectivity index (χ2n) is 14.5. The van der Waals surface area contributed by atoms with Gasteiger partial charge in [0.05, 0.1) is 11.4 Å². The molecular weight excluding hydrogens is 703 g/mol. The van der Waals surface area contributed by atoms with Crippen molar-refractivity contribution in [2.45, 2.75) is 0 Å². The van der Waals surface area contributed by atoms with Gasteiger partial charge in [0, 0.05) is 53.5 Å². The first-order valence-corrected chi connectivity index (χ1v) is 19.7. The molecule has 262 valence electrons. The Morgan fingerprint density at radius 3 is 1.95 bits per heavy atom. The minimum absolute atomic E-state index is 0.836. The molecule has 3 aromatic heterocycles. The Labute approximate surface area is 325 Å². The molecule has 0 spiro atoms. The van der Waals surface area contributed by atoms with Crippen molar-refractivity contribution in [3.05, 3.63) is 188 Å². The third kappa shape index (κ3) is 4.83. The monoisotopic (exact) mass is 733 g/mol. The number of fused-ring (bicyclic) bond motifs is 10. The summed E-state index contributed by atoms with van der Waals surface area (Å²) in [6.07, 6.45) is 0. The molecule has 0 amide bonds. The van der Waals surface area contributed by atoms with Crippen LogP contribution in [0.4, 0.5) is 17.1 Å². The number of thiophene rings is 1. The lowest BCUT2D eigenvalue weighted by atomic mass is 9.98. The summed E-state index contributed by atoms with van der Waals surface area (Å²) in [5.74, 6) is 0. The second-order valence-corrected chi connectivity index (χ2v) is 15.6. The average Bonchev–Trinajstić information content (AvgIpc) is 3.94. The minimum atomic E-state index is 0.836. The highest BCUT2D eigenvalue weighted by Gasteiger charge is 2.23. The number of rotatable bonds is 5. The predicted octanol–water partition coefficient (Wildman–Crippen LogP) is 15.8. The molecule has 56 heavy (non-hydrogen) atoms. The summed E-state index contributed by atoms with van der Waals surface area (Å²) < 4.78 is 16.1. The first kappa shape index (κ1) is 31.2. The van der Waals surface area contributed by atoms with E-state index in [1.54, 1.807) is 0 Å². The molecule has 4 heteroatoms. The topological polar surface area (TPSA) is 29.5 Å². The number of hydrogen-bond acceptors (Lipinski definition) is 4. The van der Waals surface area contributed by atoms with Crippen LogP contribution in [0.2, 0.25) is 0 Å². The van der Waals surface area contributed by atoms with Gasteiger partial charge in [0.1, 0.15) is 16.7 Å². The van der Waals surface area contributed by atoms with E-state index in [1.165, 1.54) is 36.7 Å². The van der Waals surface area contributed by atoms with Crippen LogP contribution in [0.15, 0.2) is 197 Å². The molecule has 0 aliphatic heterocycles. The molecule has 0 aliphatic carbocycles. The molecule has 0 bridgehead atoms. The van der Waals surface area contributed by atoms with Crippen LogP contribution >= 0.6 is 11.3 Å². The van der Waals surface area contributed by atoms with E-state index >= 15 is 0 Å². The van der Waals surface area contributed by atoms with Crippen LogP contribution < -0.4 is 4.90 Å². The number of benzene rings is 9. The Morgan fingerprint density at radius 1 is 0.375 bits per heavy atom. The van der Waals surface area contributed by atoms with Crippen LogP contribution in [0.25, 0.3) is 97.1 Å². The molecule has 12 rings (SSSR count). The maximum absolute atomic E-state index is 6.85. The van der Waals surface area contributed by atoms with Crippen LogP contribution in [0, 0.1) is 0 Å². The first-order chi connectivity index (χ1) is 27.7. The molecule has 3 nitrogen and oxygen atoms in total. The summed E-state index contributed by atoms with van der Waals surface area (Å²) in [6, 6.07) is 67.2. The highest BCUT2D eigenvalue weighted by Crippen LogP contribution is 2.47. The van der Waals surface area contributed by atoms with Crippen molar-refractivity contribution >= 4 is 103 Å². The average molecular weight is 734 g/mol. The number of anilines is 3. The number of para-hydroxylation sites is 1. The van der Waals surface area contributed by atoms with Crippen molar-refractivity contribution < 1.29 is 8.83 Å². The number of hydrogen-bond donors (Lipinski definition) is 0. The first-order valence-electron chi connectivity index (χ1n) is 18.9. The van der Waals surface area contributed by atoms with Gasteiger partial charge in [-0.25, -0.2) is 0 Å². The van der Waals surface area contributed by atoms with E-state index in [0.717, 1.165) is 77.5 Å². The van der Waals surface area contributed by atoms with Crippen LogP contribution in [0.3, 0.4) is 0 Å². The number of nitrogens with zero attached hydrogens (tertiary/aromatic N) is 1. The van der Waals surface area contributed by atoms with Gasteiger partial charge in [0.25, 0.3) is 0 Å². The van der Waals surface area contributed by atoms with Crippen molar-refractivity contribution in [1.82, 2.24) is 0 Å². The normalized spacial score (nSPS) is 11.9. The van der Waals surface area contributed by atoms with E-state index in [2.05, 4.69) is 187 Å². The third-order valence-electron chi connectivity index (χ3n) is 11.2. The molecule has 0 unspecified atom stereocenters. The fourth-order valence-electron chi connectivity index (χ4n) is 8.57. The lowest BCUT2D eigenvalue weighted by Crippen LogP contribution is -2.10. The third-order valence-corrected chi connectivity index (χ3v) is 12.4. The van der Waals surface area contributed by atoms with E-state index in [0.29, 0.717) is 0 Å². The summed E-state index contributed by atoms with van der Waals surface area (Å²) in [5.41, 5.74) is 11.0. The zero-order valence-electron chi connectivity index (χ0n) is 30.1. The fraction of sp³-hybridized carbons (Fsp3) is 0. The second kappa shape index (κ2) is 12.2. The SMILES string of the molecule is c1ccc(-c2ccc(N(c3ccc(-c4ccc5sc6ccccc6c5c4)cc3)c3ccc4c(c3)oc3cc5ccccc5cc34)c3oc4ccccc4c23)cc1. The lowest BCUT2D eigenvalue weighted by molar-refractivity contribution is 0.668. The van der Waals surface area contributed by atoms with Gasteiger partial charge in [-0.2, -0.15) is 0 Å². The van der Waals surface area contributed by atoms with Gasteiger partial charge in [0.15, 0.2) is 5.58 Å². The Bertz CT molecular complexity index is 3480. The fourth-order valence-corrected chi connectivity index (χ4v) is 9.66. The van der Waals surface area contributed by atoms with Crippen molar-refractivity contribution in [2.75, 3.05) is 4.90 Å². The number of furan rings is 2. The van der Waals surface area contributed by atoms with Gasteiger partial charge >= 0.3 is 0 Å². The summed E-state index contributed by atoms with van der Waals surface area (Å²) in [6.45, 7) is 0. The van der Waals surface area contributed by atoms with Crippen molar-refractivity contribution in [3.8, 4) is 22.3 Å². The van der Waals surface area contributed by atoms with Crippen LogP contribution in [-0.2, 0) is 0 Å². The van der Waals surface area contributed by atoms with E-state index in [4.69, 9.17) is 8.83 Å². The van der Waals surface area contributed by atoms with Gasteiger partial charge < -0.3 is 13.7 Å². The molecule has 9 aromatic carbocycles. The Hall–Kier alpha value is -7.14. The zero-order valence-corrected chi connectivity index (χ0v) is 30.9. The molecule has 0 N–H and O–H groups in total. The maximum atomic E-state index is 6.85. The molecule has 0 radical (unpaired) electrons. The van der Waals surface area contributed by atoms with Gasteiger partial charge in [-0.05, 0) is 99.8 Å². The largest absolute Gasteiger partial charge is 0.456 e. The summed E-state index contributed by atoms with van der Waals surface area (Å²) in [4.78, 5) is 2.31. The van der Waals surface area contributed by atoms with Gasteiger partial charge in [-0.3, -0.25) is 0 Å². The van der Waals surface area contributed by atoms with Crippen molar-refractivity contribution in [2.24, 2.45) is 0 Å². The molecule has 12 aromatic rings. The lowest BCUT2D eigenvalue weighted by Gasteiger charge is -2.26. The minimum Gasteiger partial charge on any atom is -0.456 e. The smallest absolute Gasteiger partial charge is 0.160 e. The standard InChI is InChI=1S/C52H31NO2S/c1-2-10-33(11-3-1)39-25-26-45(52-51(39)42-15-6-8-16-46(42)55-52)53(38-23-24-40-43-28-34-12-4-5-13-35(34)30-47(43)54-48(40)31-38)37-21-18-32(19-22-37)36-20-27-50-44(29-36)41-14-7-9-17-49(41)56-50/h1-31H. The van der Waals surface area contributed by atoms with Crippen molar-refractivity contribution in [1.29, 1.82) is 0 Å². The molecule has 0 atom stereocenters. The molecule has 0 fully saturated rings. The Balaban J connectivity index is 1.06. The Morgan fingerprint density at radius 2 is 1.07 bits per heavy atom. The quantitative estimate of drug-likeness (QED) is 0.176. The summed E-state index contributed by atoms with van der Waals surface area (Å²) >= 11 is 1.85. The van der Waals surface area contributed by atoms with E-state index in [9.17, 15) is 0 Å². The van der Waals surface area contributed by atoms with E-state index in [-0.39, 0.29) is 0 Å². The summed E-state index contributed by atoms with van der Waals surface area (Å²) in [7, 11) is 0. The highest BCUT2D eigenvalue weighted by molar-refractivity contribution is 7.25. The highest BCUT2D eigenvalue weighted by atomic mass is 32.1. The molecule has 3 heterocycles. The van der Waals surface area contributed by atoms with Crippen LogP contribution in [0.1, 0.15) is 0 Å². The van der Waals surface area contributed by atoms with Crippen LogP contribution in [-0.4, -0.2) is 0 Å². The zero-order chi connectivity index (χ0) is 36.7. The molecular formula is C52H31NO2S. The van der Waals surface area contributed by atoms with E-state index in [1.807, 2.05) is 17.4 Å². The van der Waals surface area contributed by atoms with Crippen molar-refractivity contribution in [3.63, 3.8) is 0 Å². The molecule has 0 aliphatic rings.